The number of aliphatic imine (C=N–C) groups is 1. The van der Waals surface area contributed by atoms with E-state index < -0.39 is 10.1 Å². The highest BCUT2D eigenvalue weighted by Crippen LogP contribution is 2.28. The first kappa shape index (κ1) is 13.4. The fourth-order valence-corrected chi connectivity index (χ4v) is 3.16. The fraction of sp³-hybridized carbons (Fsp3) is 0.250. The minimum atomic E-state index is -4.28. The molecular formula is C12H12ClN3O3S. The zero-order valence-electron chi connectivity index (χ0n) is 10.4. The van der Waals surface area contributed by atoms with Crippen LogP contribution < -0.4 is 5.32 Å². The van der Waals surface area contributed by atoms with E-state index in [4.69, 9.17) is 11.6 Å². The molecule has 0 saturated carbocycles. The Balaban J connectivity index is 2.18. The standard InChI is InChI=1S/C12H12ClN3O3S/c13-8-1-2-9-10(5-8)16(6-11(9)20(17,18)19)7-12-14-3-4-15-12/h1-2,5-6H,3-4,7H2,(H,14,15)(H,17,18,19). The maximum absolute atomic E-state index is 11.4. The summed E-state index contributed by atoms with van der Waals surface area (Å²) in [6, 6.07) is 4.84. The van der Waals surface area contributed by atoms with Crippen LogP contribution in [0.4, 0.5) is 0 Å². The van der Waals surface area contributed by atoms with Gasteiger partial charge in [-0.2, -0.15) is 8.42 Å². The SMILES string of the molecule is O=S(=O)(O)c1cn(CC2=NCCN2)c2cc(Cl)ccc12. The highest BCUT2D eigenvalue weighted by atomic mass is 35.5. The first-order valence-electron chi connectivity index (χ1n) is 5.98. The number of halogens is 1. The summed E-state index contributed by atoms with van der Waals surface area (Å²) in [6.45, 7) is 1.90. The Labute approximate surface area is 120 Å². The molecule has 0 bridgehead atoms. The molecule has 2 aromatic rings. The minimum Gasteiger partial charge on any atom is -0.370 e. The Morgan fingerprint density at radius 2 is 2.25 bits per heavy atom. The zero-order valence-corrected chi connectivity index (χ0v) is 11.9. The Morgan fingerprint density at radius 3 is 2.90 bits per heavy atom. The molecule has 1 aliphatic rings. The number of hydrogen-bond acceptors (Lipinski definition) is 4. The highest BCUT2D eigenvalue weighted by molar-refractivity contribution is 7.86. The largest absolute Gasteiger partial charge is 0.370 e. The number of aromatic nitrogens is 1. The molecule has 2 heterocycles. The van der Waals surface area contributed by atoms with Gasteiger partial charge in [0.1, 0.15) is 10.7 Å². The smallest absolute Gasteiger partial charge is 0.296 e. The molecule has 1 aromatic heterocycles. The molecule has 0 aliphatic carbocycles. The van der Waals surface area contributed by atoms with Crippen molar-refractivity contribution in [3.63, 3.8) is 0 Å². The zero-order chi connectivity index (χ0) is 14.3. The van der Waals surface area contributed by atoms with Gasteiger partial charge >= 0.3 is 0 Å². The van der Waals surface area contributed by atoms with E-state index in [0.29, 0.717) is 29.0 Å². The molecule has 0 radical (unpaired) electrons. The molecule has 1 aromatic carbocycles. The summed E-state index contributed by atoms with van der Waals surface area (Å²) in [5, 5.41) is 4.06. The van der Waals surface area contributed by atoms with Crippen molar-refractivity contribution in [3.8, 4) is 0 Å². The van der Waals surface area contributed by atoms with E-state index in [-0.39, 0.29) is 4.90 Å². The van der Waals surface area contributed by atoms with Crippen LogP contribution in [0.3, 0.4) is 0 Å². The summed E-state index contributed by atoms with van der Waals surface area (Å²) in [6.07, 6.45) is 1.40. The van der Waals surface area contributed by atoms with E-state index in [9.17, 15) is 13.0 Å². The molecule has 0 fully saturated rings. The number of rotatable bonds is 3. The number of nitrogens with zero attached hydrogens (tertiary/aromatic N) is 2. The van der Waals surface area contributed by atoms with Crippen LogP contribution in [-0.2, 0) is 16.7 Å². The molecule has 0 atom stereocenters. The Hall–Kier alpha value is -1.57. The van der Waals surface area contributed by atoms with Crippen LogP contribution in [0, 0.1) is 0 Å². The molecule has 20 heavy (non-hydrogen) atoms. The summed E-state index contributed by atoms with van der Waals surface area (Å²) in [7, 11) is -4.28. The molecule has 3 rings (SSSR count). The van der Waals surface area contributed by atoms with Gasteiger partial charge in [-0.15, -0.1) is 0 Å². The van der Waals surface area contributed by atoms with E-state index in [2.05, 4.69) is 10.3 Å². The summed E-state index contributed by atoms with van der Waals surface area (Å²) < 4.78 is 33.9. The van der Waals surface area contributed by atoms with Crippen molar-refractivity contribution in [2.75, 3.05) is 13.1 Å². The first-order chi connectivity index (χ1) is 9.45. The highest BCUT2D eigenvalue weighted by Gasteiger charge is 2.19. The van der Waals surface area contributed by atoms with Crippen molar-refractivity contribution in [2.45, 2.75) is 11.4 Å². The Morgan fingerprint density at radius 1 is 1.45 bits per heavy atom. The molecule has 0 unspecified atom stereocenters. The van der Waals surface area contributed by atoms with Crippen molar-refractivity contribution in [1.82, 2.24) is 9.88 Å². The number of fused-ring (bicyclic) bond motifs is 1. The van der Waals surface area contributed by atoms with E-state index in [1.54, 1.807) is 22.8 Å². The van der Waals surface area contributed by atoms with Crippen molar-refractivity contribution in [2.24, 2.45) is 4.99 Å². The van der Waals surface area contributed by atoms with Crippen LogP contribution in [-0.4, -0.2) is 36.5 Å². The molecule has 0 spiro atoms. The Bertz CT molecular complexity index is 811. The van der Waals surface area contributed by atoms with Gasteiger partial charge in [0, 0.05) is 23.2 Å². The van der Waals surface area contributed by atoms with Gasteiger partial charge in [-0.1, -0.05) is 11.6 Å². The maximum atomic E-state index is 11.4. The van der Waals surface area contributed by atoms with Crippen molar-refractivity contribution in [3.05, 3.63) is 29.4 Å². The van der Waals surface area contributed by atoms with Crippen LogP contribution in [0.5, 0.6) is 0 Å². The monoisotopic (exact) mass is 313 g/mol. The molecule has 0 amide bonds. The molecular weight excluding hydrogens is 302 g/mol. The third-order valence-electron chi connectivity index (χ3n) is 3.15. The second kappa shape index (κ2) is 4.76. The van der Waals surface area contributed by atoms with Crippen molar-refractivity contribution in [1.29, 1.82) is 0 Å². The van der Waals surface area contributed by atoms with Crippen molar-refractivity contribution < 1.29 is 13.0 Å². The average molecular weight is 314 g/mol. The number of hydrogen-bond donors (Lipinski definition) is 2. The Kier molecular flexibility index (Phi) is 3.19. The van der Waals surface area contributed by atoms with Crippen LogP contribution in [0.1, 0.15) is 0 Å². The predicted octanol–water partition coefficient (Wildman–Crippen LogP) is 1.54. The molecule has 106 valence electrons. The molecule has 0 saturated heterocycles. The van der Waals surface area contributed by atoms with Gasteiger partial charge in [0.25, 0.3) is 10.1 Å². The lowest BCUT2D eigenvalue weighted by atomic mass is 10.2. The van der Waals surface area contributed by atoms with Crippen LogP contribution in [0.2, 0.25) is 5.02 Å². The molecule has 2 N–H and O–H groups in total. The van der Waals surface area contributed by atoms with Crippen LogP contribution in [0.15, 0.2) is 34.3 Å². The topological polar surface area (TPSA) is 83.7 Å². The third-order valence-corrected chi connectivity index (χ3v) is 4.27. The summed E-state index contributed by atoms with van der Waals surface area (Å²) in [5.74, 6) is 0.781. The van der Waals surface area contributed by atoms with Gasteiger partial charge in [0.2, 0.25) is 0 Å². The van der Waals surface area contributed by atoms with Gasteiger partial charge in [-0.3, -0.25) is 9.55 Å². The fourth-order valence-electron chi connectivity index (χ4n) is 2.28. The lowest BCUT2D eigenvalue weighted by molar-refractivity contribution is 0.484. The van der Waals surface area contributed by atoms with Crippen LogP contribution >= 0.6 is 11.6 Å². The molecule has 1 aliphatic heterocycles. The molecule has 6 nitrogen and oxygen atoms in total. The minimum absolute atomic E-state index is 0.122. The van der Waals surface area contributed by atoms with Gasteiger partial charge in [-0.05, 0) is 18.2 Å². The summed E-state index contributed by atoms with van der Waals surface area (Å²) in [5.41, 5.74) is 0.640. The van der Waals surface area contributed by atoms with Crippen molar-refractivity contribution >= 4 is 38.5 Å². The normalized spacial score (nSPS) is 15.4. The van der Waals surface area contributed by atoms with E-state index in [0.717, 1.165) is 12.4 Å². The summed E-state index contributed by atoms with van der Waals surface area (Å²) >= 11 is 5.96. The lowest BCUT2D eigenvalue weighted by Gasteiger charge is -2.05. The summed E-state index contributed by atoms with van der Waals surface area (Å²) in [4.78, 5) is 4.15. The van der Waals surface area contributed by atoms with E-state index >= 15 is 0 Å². The second-order valence-corrected chi connectivity index (χ2v) is 6.34. The lowest BCUT2D eigenvalue weighted by Crippen LogP contribution is -2.23. The van der Waals surface area contributed by atoms with Gasteiger partial charge < -0.3 is 9.88 Å². The van der Waals surface area contributed by atoms with E-state index in [1.807, 2.05) is 0 Å². The third kappa shape index (κ3) is 2.39. The first-order valence-corrected chi connectivity index (χ1v) is 7.80. The van der Waals surface area contributed by atoms with Gasteiger partial charge in [0.15, 0.2) is 0 Å². The number of benzene rings is 1. The second-order valence-electron chi connectivity index (χ2n) is 4.51. The van der Waals surface area contributed by atoms with Gasteiger partial charge in [0.05, 0.1) is 18.6 Å². The predicted molar refractivity (Wildman–Crippen MR) is 77.1 cm³/mol. The number of amidine groups is 1. The molecule has 8 heteroatoms. The maximum Gasteiger partial charge on any atom is 0.296 e. The number of nitrogens with one attached hydrogen (secondary N) is 1. The van der Waals surface area contributed by atoms with Crippen LogP contribution in [0.25, 0.3) is 10.9 Å². The van der Waals surface area contributed by atoms with Gasteiger partial charge in [-0.25, -0.2) is 0 Å². The van der Waals surface area contributed by atoms with E-state index in [1.165, 1.54) is 6.20 Å². The average Bonchev–Trinajstić information content (AvgIpc) is 2.97. The quantitative estimate of drug-likeness (QED) is 0.842.